The summed E-state index contributed by atoms with van der Waals surface area (Å²) in [6, 6.07) is 15.1. The number of amides is 1. The van der Waals surface area contributed by atoms with Crippen molar-refractivity contribution in [3.8, 4) is 11.4 Å². The molecule has 1 saturated heterocycles. The summed E-state index contributed by atoms with van der Waals surface area (Å²) in [6.45, 7) is 0.842. The number of hydrogen-bond acceptors (Lipinski definition) is 5. The molecule has 0 bridgehead atoms. The van der Waals surface area contributed by atoms with E-state index in [0.29, 0.717) is 39.5 Å². The second kappa shape index (κ2) is 9.59. The first kappa shape index (κ1) is 22.0. The van der Waals surface area contributed by atoms with E-state index in [1.807, 2.05) is 42.5 Å². The monoisotopic (exact) mass is 463 g/mol. The number of thioether (sulfide) groups is 1. The molecule has 0 N–H and O–H groups in total. The summed E-state index contributed by atoms with van der Waals surface area (Å²) in [6.07, 6.45) is 7.17. The molecule has 33 heavy (non-hydrogen) atoms. The van der Waals surface area contributed by atoms with Crippen LogP contribution in [0.25, 0.3) is 16.6 Å². The number of benzene rings is 2. The largest absolute Gasteiger partial charge is 0.497 e. The molecule has 2 aromatic carbocycles. The number of likely N-dealkylation sites (tertiary alicyclic amines) is 1. The van der Waals surface area contributed by atoms with Gasteiger partial charge in [-0.3, -0.25) is 14.2 Å². The molecule has 1 aromatic heterocycles. The minimum atomic E-state index is -0.144. The van der Waals surface area contributed by atoms with Crippen LogP contribution in [0.5, 0.6) is 5.75 Å². The number of rotatable bonds is 5. The van der Waals surface area contributed by atoms with Gasteiger partial charge in [0.15, 0.2) is 5.16 Å². The molecule has 0 radical (unpaired) electrons. The van der Waals surface area contributed by atoms with E-state index >= 15 is 0 Å². The molecule has 5 rings (SSSR count). The predicted molar refractivity (Wildman–Crippen MR) is 131 cm³/mol. The van der Waals surface area contributed by atoms with Crippen molar-refractivity contribution >= 4 is 28.6 Å². The van der Waals surface area contributed by atoms with Gasteiger partial charge in [-0.25, -0.2) is 4.98 Å². The molecule has 6 nitrogen and oxygen atoms in total. The summed E-state index contributed by atoms with van der Waals surface area (Å²) >= 11 is 1.35. The van der Waals surface area contributed by atoms with Crippen molar-refractivity contribution in [2.45, 2.75) is 49.7 Å². The number of fused-ring (bicyclic) bond motifs is 2. The lowest BCUT2D eigenvalue weighted by molar-refractivity contribution is -0.134. The van der Waals surface area contributed by atoms with E-state index in [1.165, 1.54) is 37.4 Å². The van der Waals surface area contributed by atoms with E-state index in [2.05, 4.69) is 4.90 Å². The number of para-hydroxylation sites is 1. The van der Waals surface area contributed by atoms with E-state index < -0.39 is 0 Å². The van der Waals surface area contributed by atoms with Crippen LogP contribution < -0.4 is 10.3 Å². The van der Waals surface area contributed by atoms with Crippen LogP contribution in [-0.4, -0.2) is 45.8 Å². The van der Waals surface area contributed by atoms with Crippen molar-refractivity contribution in [1.29, 1.82) is 0 Å². The van der Waals surface area contributed by atoms with Crippen LogP contribution >= 0.6 is 11.8 Å². The minimum absolute atomic E-state index is 0.144. The second-order valence-electron chi connectivity index (χ2n) is 8.88. The fraction of sp³-hybridized carbons (Fsp3) is 0.423. The number of ether oxygens (including phenoxy) is 1. The molecular formula is C26H29N3O3S. The average Bonchev–Trinajstić information content (AvgIpc) is 2.87. The van der Waals surface area contributed by atoms with Gasteiger partial charge in [0.1, 0.15) is 5.75 Å². The maximum atomic E-state index is 13.5. The summed E-state index contributed by atoms with van der Waals surface area (Å²) in [7, 11) is 1.60. The minimum Gasteiger partial charge on any atom is -0.497 e. The number of piperidine rings is 1. The maximum absolute atomic E-state index is 13.5. The number of carbonyl (C=O) groups is 1. The highest BCUT2D eigenvalue weighted by molar-refractivity contribution is 7.99. The summed E-state index contributed by atoms with van der Waals surface area (Å²) in [5, 5.41) is 1.08. The third kappa shape index (κ3) is 4.38. The Kier molecular flexibility index (Phi) is 6.40. The number of hydrogen-bond donors (Lipinski definition) is 0. The zero-order valence-electron chi connectivity index (χ0n) is 18.9. The van der Waals surface area contributed by atoms with E-state index in [9.17, 15) is 9.59 Å². The van der Waals surface area contributed by atoms with Crippen molar-refractivity contribution in [2.24, 2.45) is 5.92 Å². The summed E-state index contributed by atoms with van der Waals surface area (Å²) in [5.41, 5.74) is 1.17. The molecule has 1 amide bonds. The highest BCUT2D eigenvalue weighted by Crippen LogP contribution is 2.36. The Morgan fingerprint density at radius 3 is 2.79 bits per heavy atom. The third-order valence-corrected chi connectivity index (χ3v) is 7.87. The molecule has 7 heteroatoms. The van der Waals surface area contributed by atoms with Crippen molar-refractivity contribution in [3.05, 3.63) is 58.9 Å². The highest BCUT2D eigenvalue weighted by atomic mass is 32.2. The van der Waals surface area contributed by atoms with Crippen molar-refractivity contribution < 1.29 is 9.53 Å². The number of carbonyl (C=O) groups excluding carboxylic acids is 1. The van der Waals surface area contributed by atoms with Gasteiger partial charge in [0.05, 0.1) is 29.5 Å². The molecule has 2 atom stereocenters. The first-order valence-electron chi connectivity index (χ1n) is 11.7. The molecule has 1 saturated carbocycles. The zero-order chi connectivity index (χ0) is 22.8. The number of aromatic nitrogens is 2. The molecule has 172 valence electrons. The fourth-order valence-electron chi connectivity index (χ4n) is 5.33. The average molecular weight is 464 g/mol. The van der Waals surface area contributed by atoms with Crippen LogP contribution in [0.4, 0.5) is 0 Å². The van der Waals surface area contributed by atoms with Crippen molar-refractivity contribution in [2.75, 3.05) is 19.4 Å². The summed E-state index contributed by atoms with van der Waals surface area (Å²) in [4.78, 5) is 33.6. The van der Waals surface area contributed by atoms with Gasteiger partial charge in [0, 0.05) is 18.7 Å². The topological polar surface area (TPSA) is 64.4 Å². The van der Waals surface area contributed by atoms with E-state index in [4.69, 9.17) is 9.72 Å². The normalized spacial score (nSPS) is 20.5. The highest BCUT2D eigenvalue weighted by Gasteiger charge is 2.35. The van der Waals surface area contributed by atoms with Crippen LogP contribution in [0.2, 0.25) is 0 Å². The Balaban J connectivity index is 1.47. The zero-order valence-corrected chi connectivity index (χ0v) is 19.7. The van der Waals surface area contributed by atoms with Crippen molar-refractivity contribution in [1.82, 2.24) is 14.5 Å². The van der Waals surface area contributed by atoms with Crippen LogP contribution in [-0.2, 0) is 4.79 Å². The molecular weight excluding hydrogens is 434 g/mol. The maximum Gasteiger partial charge on any atom is 0.266 e. The molecule has 2 fully saturated rings. The lowest BCUT2D eigenvalue weighted by atomic mass is 9.78. The molecule has 2 aliphatic rings. The van der Waals surface area contributed by atoms with Gasteiger partial charge in [-0.1, -0.05) is 42.8 Å². The quantitative estimate of drug-likeness (QED) is 0.407. The molecule has 2 unspecified atom stereocenters. The Hall–Kier alpha value is -2.80. The Morgan fingerprint density at radius 2 is 1.91 bits per heavy atom. The van der Waals surface area contributed by atoms with Gasteiger partial charge in [0.2, 0.25) is 5.91 Å². The van der Waals surface area contributed by atoms with Crippen LogP contribution in [0.1, 0.15) is 38.5 Å². The number of methoxy groups -OCH3 is 1. The van der Waals surface area contributed by atoms with Crippen LogP contribution in [0.15, 0.2) is 58.5 Å². The number of nitrogens with zero attached hydrogens (tertiary/aromatic N) is 3. The second-order valence-corrected chi connectivity index (χ2v) is 9.83. The van der Waals surface area contributed by atoms with Crippen LogP contribution in [0, 0.1) is 5.92 Å². The van der Waals surface area contributed by atoms with Gasteiger partial charge in [-0.2, -0.15) is 0 Å². The van der Waals surface area contributed by atoms with Gasteiger partial charge in [-0.05, 0) is 55.9 Å². The lowest BCUT2D eigenvalue weighted by Gasteiger charge is -2.44. The van der Waals surface area contributed by atoms with E-state index in [1.54, 1.807) is 17.7 Å². The van der Waals surface area contributed by atoms with Gasteiger partial charge < -0.3 is 9.64 Å². The van der Waals surface area contributed by atoms with Gasteiger partial charge in [0.25, 0.3) is 5.56 Å². The molecule has 0 spiro atoms. The lowest BCUT2D eigenvalue weighted by Crippen LogP contribution is -2.50. The molecule has 1 aliphatic heterocycles. The van der Waals surface area contributed by atoms with Gasteiger partial charge in [-0.15, -0.1) is 0 Å². The Bertz CT molecular complexity index is 1220. The van der Waals surface area contributed by atoms with E-state index in [0.717, 1.165) is 19.4 Å². The Labute approximate surface area is 198 Å². The third-order valence-electron chi connectivity index (χ3n) is 6.94. The van der Waals surface area contributed by atoms with Crippen LogP contribution in [0.3, 0.4) is 0 Å². The summed E-state index contributed by atoms with van der Waals surface area (Å²) in [5.74, 6) is 1.74. The molecule has 1 aliphatic carbocycles. The van der Waals surface area contributed by atoms with Crippen molar-refractivity contribution in [3.63, 3.8) is 0 Å². The van der Waals surface area contributed by atoms with Gasteiger partial charge >= 0.3 is 0 Å². The first-order valence-corrected chi connectivity index (χ1v) is 12.7. The smallest absolute Gasteiger partial charge is 0.266 e. The first-order chi connectivity index (χ1) is 16.2. The predicted octanol–water partition coefficient (Wildman–Crippen LogP) is 4.67. The Morgan fingerprint density at radius 1 is 1.09 bits per heavy atom. The van der Waals surface area contributed by atoms with E-state index in [-0.39, 0.29) is 17.2 Å². The summed E-state index contributed by atoms with van der Waals surface area (Å²) < 4.78 is 6.97. The molecule has 3 aromatic rings. The SMILES string of the molecule is COc1cccc(-n2c(SCC(=O)N3CCCC4CCCCC43)nc3ccccc3c2=O)c1. The fourth-order valence-corrected chi connectivity index (χ4v) is 6.23. The standard InChI is InChI=1S/C26H29N3O3S/c1-32-20-11-6-10-19(16-20)29-25(31)21-12-3-4-13-22(21)27-26(29)33-17-24(30)28-15-7-9-18-8-2-5-14-23(18)28/h3-4,6,10-13,16,18,23H,2,5,7-9,14-15,17H2,1H3. The molecule has 2 heterocycles.